The molecule has 2 atom stereocenters. The average Bonchev–Trinajstić information content (AvgIpc) is 3.05. The molecular weight excluding hydrogens is 520 g/mol. The van der Waals surface area contributed by atoms with Crippen LogP contribution in [0.2, 0.25) is 10.0 Å². The third-order valence-corrected chi connectivity index (χ3v) is 6.02. The lowest BCUT2D eigenvalue weighted by molar-refractivity contribution is -0.173. The number of anilines is 2. The van der Waals surface area contributed by atoms with Crippen molar-refractivity contribution in [3.8, 4) is 0 Å². The van der Waals surface area contributed by atoms with Crippen LogP contribution in [0.25, 0.3) is 0 Å². The molecule has 162 valence electrons. The molecule has 3 aromatic rings. The minimum atomic E-state index is -4.59. The molecular formula is C20H14BrCl2F3N4O. The van der Waals surface area contributed by atoms with Crippen molar-refractivity contribution in [1.82, 2.24) is 9.78 Å². The van der Waals surface area contributed by atoms with Crippen molar-refractivity contribution < 1.29 is 18.0 Å². The summed E-state index contributed by atoms with van der Waals surface area (Å²) >= 11 is 15.5. The topological polar surface area (TPSA) is 59.0 Å². The second-order valence-corrected chi connectivity index (χ2v) is 8.69. The first-order valence-electron chi connectivity index (χ1n) is 9.07. The molecule has 0 aliphatic carbocycles. The zero-order chi connectivity index (χ0) is 22.3. The van der Waals surface area contributed by atoms with Crippen LogP contribution in [0.3, 0.4) is 0 Å². The standard InChI is InChI=1S/C20H14BrCl2F3N4O/c21-11-3-7-13(8-4-11)27-19(31)17-16(23)18-28-14(10-1-5-12(22)6-2-10)9-15(20(24,25)26)30(18)29-17/h1-8,14-15,28H,9H2,(H,27,31)/t14-,15-/m0/s1. The number of aromatic nitrogens is 2. The van der Waals surface area contributed by atoms with Crippen LogP contribution in [0.4, 0.5) is 24.7 Å². The molecule has 0 saturated carbocycles. The highest BCUT2D eigenvalue weighted by molar-refractivity contribution is 9.10. The molecule has 0 saturated heterocycles. The maximum Gasteiger partial charge on any atom is 0.410 e. The molecule has 0 unspecified atom stereocenters. The molecule has 0 spiro atoms. The Morgan fingerprint density at radius 3 is 2.39 bits per heavy atom. The summed E-state index contributed by atoms with van der Waals surface area (Å²) < 4.78 is 43.1. The average molecular weight is 534 g/mol. The lowest BCUT2D eigenvalue weighted by atomic mass is 9.97. The van der Waals surface area contributed by atoms with Gasteiger partial charge in [0.2, 0.25) is 0 Å². The van der Waals surface area contributed by atoms with Crippen molar-refractivity contribution in [3.05, 3.63) is 74.3 Å². The second-order valence-electron chi connectivity index (χ2n) is 6.96. The SMILES string of the molecule is O=C(Nc1ccc(Br)cc1)c1nn2c(c1Cl)N[C@H](c1ccc(Cl)cc1)C[C@H]2C(F)(F)F. The minimum absolute atomic E-state index is 0.0591. The lowest BCUT2D eigenvalue weighted by Crippen LogP contribution is -2.35. The second kappa shape index (κ2) is 8.37. The van der Waals surface area contributed by atoms with Crippen LogP contribution in [0, 0.1) is 0 Å². The first kappa shape index (κ1) is 22.0. The Kier molecular flexibility index (Phi) is 5.93. The van der Waals surface area contributed by atoms with Crippen molar-refractivity contribution >= 4 is 56.5 Å². The van der Waals surface area contributed by atoms with Crippen LogP contribution in [0.15, 0.2) is 53.0 Å². The molecule has 0 fully saturated rings. The normalized spacial score (nSPS) is 18.3. The van der Waals surface area contributed by atoms with Crippen LogP contribution in [0.5, 0.6) is 0 Å². The fourth-order valence-corrected chi connectivity index (χ4v) is 4.03. The van der Waals surface area contributed by atoms with E-state index in [9.17, 15) is 18.0 Å². The molecule has 5 nitrogen and oxygen atoms in total. The molecule has 31 heavy (non-hydrogen) atoms. The van der Waals surface area contributed by atoms with E-state index in [2.05, 4.69) is 31.7 Å². The molecule has 1 aliphatic heterocycles. The third-order valence-electron chi connectivity index (χ3n) is 4.89. The smallest absolute Gasteiger partial charge is 0.362 e. The summed E-state index contributed by atoms with van der Waals surface area (Å²) in [5.41, 5.74) is 0.774. The van der Waals surface area contributed by atoms with E-state index in [1.165, 1.54) is 0 Å². The molecule has 4 rings (SSSR count). The molecule has 2 heterocycles. The zero-order valence-electron chi connectivity index (χ0n) is 15.6. The van der Waals surface area contributed by atoms with Gasteiger partial charge in [-0.25, -0.2) is 4.68 Å². The highest BCUT2D eigenvalue weighted by Crippen LogP contribution is 2.46. The lowest BCUT2D eigenvalue weighted by Gasteiger charge is -2.33. The van der Waals surface area contributed by atoms with Crippen molar-refractivity contribution in [2.75, 3.05) is 10.6 Å². The van der Waals surface area contributed by atoms with Gasteiger partial charge in [-0.15, -0.1) is 0 Å². The molecule has 1 aromatic heterocycles. The van der Waals surface area contributed by atoms with Crippen LogP contribution in [0.1, 0.15) is 34.6 Å². The van der Waals surface area contributed by atoms with Gasteiger partial charge in [0.1, 0.15) is 10.8 Å². The number of benzene rings is 2. The molecule has 0 bridgehead atoms. The Morgan fingerprint density at radius 2 is 1.77 bits per heavy atom. The maximum atomic E-state index is 13.8. The highest BCUT2D eigenvalue weighted by Gasteiger charge is 2.47. The number of rotatable bonds is 3. The number of hydrogen-bond acceptors (Lipinski definition) is 3. The summed E-state index contributed by atoms with van der Waals surface area (Å²) in [6, 6.07) is 10.6. The third kappa shape index (κ3) is 4.53. The number of nitrogens with zero attached hydrogens (tertiary/aromatic N) is 2. The van der Waals surface area contributed by atoms with Crippen LogP contribution >= 0.6 is 39.1 Å². The number of hydrogen-bond donors (Lipinski definition) is 2. The van der Waals surface area contributed by atoms with Gasteiger partial charge in [-0.2, -0.15) is 18.3 Å². The van der Waals surface area contributed by atoms with Gasteiger partial charge in [0, 0.05) is 21.6 Å². The van der Waals surface area contributed by atoms with Gasteiger partial charge in [-0.05, 0) is 42.0 Å². The molecule has 2 N–H and O–H groups in total. The van der Waals surface area contributed by atoms with Gasteiger partial charge < -0.3 is 10.6 Å². The van der Waals surface area contributed by atoms with E-state index >= 15 is 0 Å². The predicted octanol–water partition coefficient (Wildman–Crippen LogP) is 6.87. The van der Waals surface area contributed by atoms with Crippen molar-refractivity contribution in [1.29, 1.82) is 0 Å². The van der Waals surface area contributed by atoms with E-state index in [0.717, 1.165) is 9.15 Å². The Hall–Kier alpha value is -2.23. The van der Waals surface area contributed by atoms with E-state index < -0.39 is 24.2 Å². The van der Waals surface area contributed by atoms with Crippen LogP contribution in [-0.4, -0.2) is 21.9 Å². The van der Waals surface area contributed by atoms with Crippen LogP contribution < -0.4 is 10.6 Å². The van der Waals surface area contributed by atoms with Crippen molar-refractivity contribution in [3.63, 3.8) is 0 Å². The zero-order valence-corrected chi connectivity index (χ0v) is 18.6. The number of nitrogens with one attached hydrogen (secondary N) is 2. The Bertz CT molecular complexity index is 1120. The first-order valence-corrected chi connectivity index (χ1v) is 10.6. The molecule has 2 aromatic carbocycles. The summed E-state index contributed by atoms with van der Waals surface area (Å²) in [4.78, 5) is 12.7. The van der Waals surface area contributed by atoms with Gasteiger partial charge in [0.15, 0.2) is 11.7 Å². The summed E-state index contributed by atoms with van der Waals surface area (Å²) in [5.74, 6) is -0.767. The Labute approximate surface area is 193 Å². The van der Waals surface area contributed by atoms with E-state index in [1.54, 1.807) is 48.5 Å². The van der Waals surface area contributed by atoms with E-state index in [1.807, 2.05) is 0 Å². The summed E-state index contributed by atoms with van der Waals surface area (Å²) in [6.45, 7) is 0. The van der Waals surface area contributed by atoms with Crippen molar-refractivity contribution in [2.24, 2.45) is 0 Å². The summed E-state index contributed by atoms with van der Waals surface area (Å²) in [5, 5.41) is 9.79. The van der Waals surface area contributed by atoms with E-state index in [4.69, 9.17) is 23.2 Å². The largest absolute Gasteiger partial charge is 0.410 e. The number of halogens is 6. The number of carbonyl (C=O) groups is 1. The maximum absolute atomic E-state index is 13.8. The Balaban J connectivity index is 1.69. The fourth-order valence-electron chi connectivity index (χ4n) is 3.37. The minimum Gasteiger partial charge on any atom is -0.362 e. The van der Waals surface area contributed by atoms with Gasteiger partial charge in [-0.1, -0.05) is 51.3 Å². The first-order chi connectivity index (χ1) is 14.6. The molecule has 11 heteroatoms. The predicted molar refractivity (Wildman–Crippen MR) is 117 cm³/mol. The van der Waals surface area contributed by atoms with Gasteiger partial charge in [0.25, 0.3) is 5.91 Å². The monoisotopic (exact) mass is 532 g/mol. The summed E-state index contributed by atoms with van der Waals surface area (Å²) in [7, 11) is 0. The van der Waals surface area contributed by atoms with Gasteiger partial charge in [0.05, 0.1) is 6.04 Å². The number of fused-ring (bicyclic) bond motifs is 1. The number of amides is 1. The van der Waals surface area contributed by atoms with Crippen molar-refractivity contribution in [2.45, 2.75) is 24.7 Å². The van der Waals surface area contributed by atoms with Crippen LogP contribution in [-0.2, 0) is 0 Å². The number of carbonyl (C=O) groups excluding carboxylic acids is 1. The van der Waals surface area contributed by atoms with Gasteiger partial charge in [-0.3, -0.25) is 4.79 Å². The molecule has 0 radical (unpaired) electrons. The summed E-state index contributed by atoms with van der Waals surface area (Å²) in [6.07, 6.45) is -4.90. The highest BCUT2D eigenvalue weighted by atomic mass is 79.9. The molecule has 1 aliphatic rings. The fraction of sp³-hybridized carbons (Fsp3) is 0.200. The number of alkyl halides is 3. The van der Waals surface area contributed by atoms with Gasteiger partial charge >= 0.3 is 6.18 Å². The van der Waals surface area contributed by atoms with E-state index in [0.29, 0.717) is 16.3 Å². The quantitative estimate of drug-likeness (QED) is 0.386. The van der Waals surface area contributed by atoms with E-state index in [-0.39, 0.29) is 23.0 Å². The Morgan fingerprint density at radius 1 is 1.13 bits per heavy atom. The molecule has 1 amide bonds.